The van der Waals surface area contributed by atoms with Crippen molar-refractivity contribution in [1.29, 1.82) is 0 Å². The lowest BCUT2D eigenvalue weighted by molar-refractivity contribution is 0.187. The number of benzene rings is 2. The number of hydrogen-bond donors (Lipinski definition) is 2. The van der Waals surface area contributed by atoms with Crippen molar-refractivity contribution in [2.45, 2.75) is 26.1 Å². The van der Waals surface area contributed by atoms with Crippen molar-refractivity contribution in [2.75, 3.05) is 6.54 Å². The summed E-state index contributed by atoms with van der Waals surface area (Å²) in [5.41, 5.74) is 8.48. The van der Waals surface area contributed by atoms with Crippen LogP contribution >= 0.6 is 0 Å². The zero-order chi connectivity index (χ0) is 14.5. The highest BCUT2D eigenvalue weighted by Gasteiger charge is 2.06. The molecular weight excluding hydrogens is 250 g/mol. The molecule has 0 amide bonds. The molecule has 0 saturated carbocycles. The molecule has 2 aromatic carbocycles. The third kappa shape index (κ3) is 3.59. The largest absolute Gasteiger partial charge is 0.491 e. The van der Waals surface area contributed by atoms with Gasteiger partial charge < -0.3 is 15.6 Å². The SMILES string of the molecule is CC(C)Oc1ccc(-c2cccc(C(O)CN)c2)cc1. The highest BCUT2D eigenvalue weighted by atomic mass is 16.5. The van der Waals surface area contributed by atoms with Gasteiger partial charge in [-0.25, -0.2) is 0 Å². The van der Waals surface area contributed by atoms with E-state index in [-0.39, 0.29) is 12.6 Å². The summed E-state index contributed by atoms with van der Waals surface area (Å²) in [6.45, 7) is 4.24. The van der Waals surface area contributed by atoms with E-state index in [2.05, 4.69) is 0 Å². The van der Waals surface area contributed by atoms with Crippen LogP contribution in [0.15, 0.2) is 48.5 Å². The van der Waals surface area contributed by atoms with E-state index in [0.717, 1.165) is 22.4 Å². The van der Waals surface area contributed by atoms with Crippen LogP contribution in [0.5, 0.6) is 5.75 Å². The second-order valence-electron chi connectivity index (χ2n) is 5.07. The Kier molecular flexibility index (Phi) is 4.77. The van der Waals surface area contributed by atoms with Gasteiger partial charge in [0.1, 0.15) is 5.75 Å². The number of rotatable bonds is 5. The minimum absolute atomic E-state index is 0.170. The third-order valence-electron chi connectivity index (χ3n) is 3.05. The highest BCUT2D eigenvalue weighted by Crippen LogP contribution is 2.25. The maximum Gasteiger partial charge on any atom is 0.119 e. The molecule has 0 radical (unpaired) electrons. The molecule has 3 heteroatoms. The van der Waals surface area contributed by atoms with Crippen LogP contribution in [0.25, 0.3) is 11.1 Å². The van der Waals surface area contributed by atoms with Crippen LogP contribution in [-0.4, -0.2) is 17.8 Å². The lowest BCUT2D eigenvalue weighted by atomic mass is 10.0. The smallest absolute Gasteiger partial charge is 0.119 e. The topological polar surface area (TPSA) is 55.5 Å². The third-order valence-corrected chi connectivity index (χ3v) is 3.05. The molecule has 106 valence electrons. The van der Waals surface area contributed by atoms with E-state index in [1.54, 1.807) is 0 Å². The van der Waals surface area contributed by atoms with Crippen LogP contribution in [0.4, 0.5) is 0 Å². The average molecular weight is 271 g/mol. The van der Waals surface area contributed by atoms with E-state index in [9.17, 15) is 5.11 Å². The molecular formula is C17H21NO2. The van der Waals surface area contributed by atoms with Crippen molar-refractivity contribution in [2.24, 2.45) is 5.73 Å². The summed E-state index contributed by atoms with van der Waals surface area (Å²) < 4.78 is 5.63. The minimum Gasteiger partial charge on any atom is -0.491 e. The molecule has 0 aliphatic carbocycles. The Morgan fingerprint density at radius 3 is 2.35 bits per heavy atom. The summed E-state index contributed by atoms with van der Waals surface area (Å²) in [5.74, 6) is 0.863. The van der Waals surface area contributed by atoms with Crippen LogP contribution in [0.1, 0.15) is 25.5 Å². The predicted molar refractivity (Wildman–Crippen MR) is 81.7 cm³/mol. The van der Waals surface area contributed by atoms with Crippen LogP contribution in [0.3, 0.4) is 0 Å². The van der Waals surface area contributed by atoms with Gasteiger partial charge in [0.05, 0.1) is 12.2 Å². The van der Waals surface area contributed by atoms with E-state index >= 15 is 0 Å². The zero-order valence-corrected chi connectivity index (χ0v) is 11.9. The van der Waals surface area contributed by atoms with Crippen molar-refractivity contribution < 1.29 is 9.84 Å². The van der Waals surface area contributed by atoms with Gasteiger partial charge in [0.2, 0.25) is 0 Å². The van der Waals surface area contributed by atoms with Crippen LogP contribution in [0.2, 0.25) is 0 Å². The van der Waals surface area contributed by atoms with Crippen LogP contribution in [0, 0.1) is 0 Å². The fourth-order valence-corrected chi connectivity index (χ4v) is 2.06. The molecule has 0 fully saturated rings. The molecule has 0 aliphatic rings. The van der Waals surface area contributed by atoms with Crippen molar-refractivity contribution in [3.05, 3.63) is 54.1 Å². The molecule has 2 aromatic rings. The highest BCUT2D eigenvalue weighted by molar-refractivity contribution is 5.65. The molecule has 3 nitrogen and oxygen atoms in total. The van der Waals surface area contributed by atoms with Crippen molar-refractivity contribution in [3.8, 4) is 16.9 Å². The monoisotopic (exact) mass is 271 g/mol. The van der Waals surface area contributed by atoms with E-state index in [4.69, 9.17) is 10.5 Å². The predicted octanol–water partition coefficient (Wildman–Crippen LogP) is 3.13. The number of aliphatic hydroxyl groups is 1. The quantitative estimate of drug-likeness (QED) is 0.878. The molecule has 0 saturated heterocycles. The summed E-state index contributed by atoms with van der Waals surface area (Å²) >= 11 is 0. The van der Waals surface area contributed by atoms with Gasteiger partial charge in [0.15, 0.2) is 0 Å². The molecule has 1 atom stereocenters. The van der Waals surface area contributed by atoms with Crippen molar-refractivity contribution >= 4 is 0 Å². The summed E-state index contributed by atoms with van der Waals surface area (Å²) in [5, 5.41) is 9.80. The normalized spacial score (nSPS) is 12.4. The molecule has 20 heavy (non-hydrogen) atoms. The van der Waals surface area contributed by atoms with Gasteiger partial charge in [-0.1, -0.05) is 30.3 Å². The second kappa shape index (κ2) is 6.55. The summed E-state index contributed by atoms with van der Waals surface area (Å²) in [6, 6.07) is 15.8. The second-order valence-corrected chi connectivity index (χ2v) is 5.07. The molecule has 2 rings (SSSR count). The maximum absolute atomic E-state index is 9.80. The zero-order valence-electron chi connectivity index (χ0n) is 11.9. The molecule has 0 spiro atoms. The lowest BCUT2D eigenvalue weighted by Gasteiger charge is -2.12. The number of nitrogens with two attached hydrogens (primary N) is 1. The van der Waals surface area contributed by atoms with Crippen molar-refractivity contribution in [1.82, 2.24) is 0 Å². The Labute approximate surface area is 120 Å². The van der Waals surface area contributed by atoms with Gasteiger partial charge in [-0.3, -0.25) is 0 Å². The lowest BCUT2D eigenvalue weighted by Crippen LogP contribution is -2.11. The molecule has 1 unspecified atom stereocenters. The summed E-state index contributed by atoms with van der Waals surface area (Å²) in [4.78, 5) is 0. The van der Waals surface area contributed by atoms with E-state index in [1.165, 1.54) is 0 Å². The molecule has 3 N–H and O–H groups in total. The van der Waals surface area contributed by atoms with E-state index in [1.807, 2.05) is 62.4 Å². The van der Waals surface area contributed by atoms with Crippen LogP contribution in [-0.2, 0) is 0 Å². The van der Waals surface area contributed by atoms with Gasteiger partial charge in [-0.05, 0) is 48.7 Å². The first-order valence-corrected chi connectivity index (χ1v) is 6.85. The van der Waals surface area contributed by atoms with Crippen molar-refractivity contribution in [3.63, 3.8) is 0 Å². The Balaban J connectivity index is 2.23. The molecule has 0 aliphatic heterocycles. The maximum atomic E-state index is 9.80. The summed E-state index contributed by atoms with van der Waals surface area (Å²) in [6.07, 6.45) is -0.442. The standard InChI is InChI=1S/C17H21NO2/c1-12(2)20-16-8-6-13(7-9-16)14-4-3-5-15(10-14)17(19)11-18/h3-10,12,17,19H,11,18H2,1-2H3. The Morgan fingerprint density at radius 2 is 1.75 bits per heavy atom. The van der Waals surface area contributed by atoms with E-state index in [0.29, 0.717) is 0 Å². The molecule has 0 heterocycles. The Morgan fingerprint density at radius 1 is 1.05 bits per heavy atom. The summed E-state index contributed by atoms with van der Waals surface area (Å²) in [7, 11) is 0. The van der Waals surface area contributed by atoms with E-state index < -0.39 is 6.10 Å². The fourth-order valence-electron chi connectivity index (χ4n) is 2.06. The fraction of sp³-hybridized carbons (Fsp3) is 0.294. The Bertz CT molecular complexity index is 549. The van der Waals surface area contributed by atoms with Gasteiger partial charge in [0, 0.05) is 6.54 Å². The van der Waals surface area contributed by atoms with Gasteiger partial charge in [0.25, 0.3) is 0 Å². The van der Waals surface area contributed by atoms with Gasteiger partial charge in [-0.2, -0.15) is 0 Å². The van der Waals surface area contributed by atoms with Crippen LogP contribution < -0.4 is 10.5 Å². The first-order valence-electron chi connectivity index (χ1n) is 6.85. The number of hydrogen-bond acceptors (Lipinski definition) is 3. The average Bonchev–Trinajstić information content (AvgIpc) is 2.47. The first kappa shape index (κ1) is 14.6. The molecule has 0 aromatic heterocycles. The number of ether oxygens (including phenoxy) is 1. The minimum atomic E-state index is -0.613. The Hall–Kier alpha value is -1.84. The first-order chi connectivity index (χ1) is 9.60. The van der Waals surface area contributed by atoms with Gasteiger partial charge in [-0.15, -0.1) is 0 Å². The van der Waals surface area contributed by atoms with Gasteiger partial charge >= 0.3 is 0 Å². The molecule has 0 bridgehead atoms. The number of aliphatic hydroxyl groups excluding tert-OH is 1.